The van der Waals surface area contributed by atoms with Gasteiger partial charge in [0.1, 0.15) is 11.5 Å². The third-order valence-electron chi connectivity index (χ3n) is 4.80. The van der Waals surface area contributed by atoms with Gasteiger partial charge < -0.3 is 24.1 Å². The van der Waals surface area contributed by atoms with Crippen LogP contribution in [-0.4, -0.2) is 43.0 Å². The molecule has 0 aliphatic heterocycles. The maximum Gasteiger partial charge on any atom is 0.341 e. The molecule has 0 unspecified atom stereocenters. The van der Waals surface area contributed by atoms with E-state index in [1.165, 1.54) is 13.2 Å². The quantitative estimate of drug-likeness (QED) is 0.443. The molecular formula is C25H26FNO6. The van der Waals surface area contributed by atoms with Crippen LogP contribution in [0.15, 0.2) is 54.6 Å². The van der Waals surface area contributed by atoms with Crippen LogP contribution in [0.25, 0.3) is 11.3 Å². The van der Waals surface area contributed by atoms with Gasteiger partial charge in [0.2, 0.25) is 0 Å². The summed E-state index contributed by atoms with van der Waals surface area (Å²) in [6, 6.07) is 15.2. The van der Waals surface area contributed by atoms with E-state index >= 15 is 0 Å². The molecule has 1 N–H and O–H groups in total. The van der Waals surface area contributed by atoms with Gasteiger partial charge >= 0.3 is 5.97 Å². The first-order valence-electron chi connectivity index (χ1n) is 10.4. The lowest BCUT2D eigenvalue weighted by atomic mass is 10.1. The fourth-order valence-electron chi connectivity index (χ4n) is 3.18. The molecule has 0 fully saturated rings. The number of aliphatic carboxylic acids is 1. The number of aryl methyl sites for hydroxylation is 1. The van der Waals surface area contributed by atoms with Gasteiger partial charge in [-0.25, -0.2) is 14.2 Å². The number of carboxylic acid groups (broad SMARTS) is 1. The van der Waals surface area contributed by atoms with E-state index in [-0.39, 0.29) is 12.4 Å². The number of aromatic nitrogens is 1. The second kappa shape index (κ2) is 11.3. The molecule has 2 aromatic carbocycles. The second-order valence-electron chi connectivity index (χ2n) is 7.17. The van der Waals surface area contributed by atoms with Crippen LogP contribution >= 0.6 is 0 Å². The summed E-state index contributed by atoms with van der Waals surface area (Å²) in [5, 5.41) is 8.80. The van der Waals surface area contributed by atoms with E-state index in [0.29, 0.717) is 35.1 Å². The highest BCUT2D eigenvalue weighted by molar-refractivity contribution is 5.68. The lowest BCUT2D eigenvalue weighted by Gasteiger charge is -2.20. The van der Waals surface area contributed by atoms with Crippen LogP contribution in [0.4, 0.5) is 4.39 Å². The Hall–Kier alpha value is -3.65. The minimum absolute atomic E-state index is 0.165. The number of pyridine rings is 1. The molecule has 0 spiro atoms. The molecule has 174 valence electrons. The normalized spacial score (nSPS) is 11.6. The van der Waals surface area contributed by atoms with Crippen LogP contribution in [-0.2, 0) is 9.53 Å². The summed E-state index contributed by atoms with van der Waals surface area (Å²) in [4.78, 5) is 15.4. The Bertz CT molecular complexity index is 1100. The molecule has 0 bridgehead atoms. The van der Waals surface area contributed by atoms with Crippen LogP contribution in [0.3, 0.4) is 0 Å². The molecular weight excluding hydrogens is 429 g/mol. The van der Waals surface area contributed by atoms with E-state index in [4.69, 9.17) is 24.1 Å². The van der Waals surface area contributed by atoms with Gasteiger partial charge in [0, 0.05) is 12.2 Å². The molecule has 1 heterocycles. The summed E-state index contributed by atoms with van der Waals surface area (Å²) in [7, 11) is 1.42. The largest absolute Gasteiger partial charge is 0.494 e. The lowest BCUT2D eigenvalue weighted by molar-refractivity contribution is -0.139. The molecule has 33 heavy (non-hydrogen) atoms. The summed E-state index contributed by atoms with van der Waals surface area (Å²) >= 11 is 0. The summed E-state index contributed by atoms with van der Waals surface area (Å²) in [6.45, 7) is 4.04. The van der Waals surface area contributed by atoms with Gasteiger partial charge in [0.15, 0.2) is 24.3 Å². The Labute approximate surface area is 191 Å². The first-order valence-corrected chi connectivity index (χ1v) is 10.4. The molecule has 1 aromatic heterocycles. The smallest absolute Gasteiger partial charge is 0.341 e. The average Bonchev–Trinajstić information content (AvgIpc) is 2.81. The molecule has 0 aliphatic carbocycles. The van der Waals surface area contributed by atoms with Gasteiger partial charge in [0.25, 0.3) is 0 Å². The van der Waals surface area contributed by atoms with Gasteiger partial charge in [-0.15, -0.1) is 0 Å². The van der Waals surface area contributed by atoms with Crippen LogP contribution < -0.4 is 14.2 Å². The van der Waals surface area contributed by atoms with Crippen LogP contribution in [0.1, 0.15) is 24.3 Å². The van der Waals surface area contributed by atoms with E-state index in [1.54, 1.807) is 43.3 Å². The predicted molar refractivity (Wildman–Crippen MR) is 120 cm³/mol. The highest BCUT2D eigenvalue weighted by Gasteiger charge is 2.18. The Balaban J connectivity index is 1.84. The topological polar surface area (TPSA) is 87.1 Å². The molecule has 0 saturated heterocycles. The number of hydrogen-bond donors (Lipinski definition) is 1. The van der Waals surface area contributed by atoms with Gasteiger partial charge in [-0.05, 0) is 67.9 Å². The minimum atomic E-state index is -1.05. The van der Waals surface area contributed by atoms with E-state index in [2.05, 4.69) is 4.98 Å². The fourth-order valence-corrected chi connectivity index (χ4v) is 3.18. The highest BCUT2D eigenvalue weighted by Crippen LogP contribution is 2.29. The monoisotopic (exact) mass is 455 g/mol. The van der Waals surface area contributed by atoms with Crippen molar-refractivity contribution in [2.75, 3.05) is 26.9 Å². The van der Waals surface area contributed by atoms with Crippen LogP contribution in [0.2, 0.25) is 0 Å². The number of benzene rings is 2. The van der Waals surface area contributed by atoms with Crippen molar-refractivity contribution in [3.05, 3.63) is 71.7 Å². The van der Waals surface area contributed by atoms with Crippen LogP contribution in [0, 0.1) is 12.7 Å². The van der Waals surface area contributed by atoms with Gasteiger partial charge in [-0.2, -0.15) is 0 Å². The number of nitrogens with zero attached hydrogens (tertiary/aromatic N) is 1. The number of hydrogen-bond acceptors (Lipinski definition) is 6. The van der Waals surface area contributed by atoms with Crippen LogP contribution in [0.5, 0.6) is 17.2 Å². The molecule has 1 atom stereocenters. The maximum atomic E-state index is 14.2. The van der Waals surface area contributed by atoms with Gasteiger partial charge in [-0.3, -0.25) is 0 Å². The van der Waals surface area contributed by atoms with E-state index in [9.17, 15) is 9.18 Å². The fraction of sp³-hybridized carbons (Fsp3) is 0.280. The third-order valence-corrected chi connectivity index (χ3v) is 4.80. The van der Waals surface area contributed by atoms with E-state index < -0.39 is 24.5 Å². The number of rotatable bonds is 11. The third kappa shape index (κ3) is 6.43. The standard InChI is InChI=1S/C25H26FNO6/c1-4-31-14-24(33-18-9-11-22(16(2)12-18)32-15-25(28)29)21-7-5-6-20(27-21)17-8-10-23(30-3)19(26)13-17/h5-13,24H,4,14-15H2,1-3H3,(H,28,29)/t24-/m1/s1. The lowest BCUT2D eigenvalue weighted by Crippen LogP contribution is -2.16. The van der Waals surface area contributed by atoms with Gasteiger partial charge in [-0.1, -0.05) is 6.07 Å². The first-order chi connectivity index (χ1) is 15.9. The highest BCUT2D eigenvalue weighted by atomic mass is 19.1. The summed E-state index contributed by atoms with van der Waals surface area (Å²) in [5.74, 6) is -0.326. The van der Waals surface area contributed by atoms with Crippen molar-refractivity contribution in [1.29, 1.82) is 0 Å². The Morgan fingerprint density at radius 1 is 1.12 bits per heavy atom. The molecule has 0 aliphatic rings. The Kier molecular flexibility index (Phi) is 8.21. The Morgan fingerprint density at radius 3 is 2.58 bits per heavy atom. The maximum absolute atomic E-state index is 14.2. The second-order valence-corrected chi connectivity index (χ2v) is 7.17. The predicted octanol–water partition coefficient (Wildman–Crippen LogP) is 4.82. The molecule has 3 rings (SSSR count). The van der Waals surface area contributed by atoms with Crippen molar-refractivity contribution in [2.45, 2.75) is 20.0 Å². The molecule has 3 aromatic rings. The number of carboxylic acids is 1. The summed E-state index contributed by atoms with van der Waals surface area (Å²) in [5.41, 5.74) is 2.56. The average molecular weight is 455 g/mol. The molecule has 0 saturated carbocycles. The summed E-state index contributed by atoms with van der Waals surface area (Å²) < 4.78 is 36.2. The van der Waals surface area contributed by atoms with Crippen molar-refractivity contribution >= 4 is 5.97 Å². The van der Waals surface area contributed by atoms with Crippen molar-refractivity contribution in [3.8, 4) is 28.5 Å². The first kappa shape index (κ1) is 24.0. The van der Waals surface area contributed by atoms with E-state index in [1.807, 2.05) is 19.1 Å². The van der Waals surface area contributed by atoms with Crippen molar-refractivity contribution < 1.29 is 33.2 Å². The van der Waals surface area contributed by atoms with Crippen molar-refractivity contribution in [1.82, 2.24) is 4.98 Å². The number of halogens is 1. The zero-order valence-electron chi connectivity index (χ0n) is 18.7. The zero-order chi connectivity index (χ0) is 23.8. The molecule has 8 heteroatoms. The van der Waals surface area contributed by atoms with Gasteiger partial charge in [0.05, 0.1) is 25.1 Å². The number of ether oxygens (including phenoxy) is 4. The summed E-state index contributed by atoms with van der Waals surface area (Å²) in [6.07, 6.45) is -0.516. The molecule has 7 nitrogen and oxygen atoms in total. The number of methoxy groups -OCH3 is 1. The minimum Gasteiger partial charge on any atom is -0.494 e. The van der Waals surface area contributed by atoms with E-state index in [0.717, 1.165) is 5.56 Å². The molecule has 0 radical (unpaired) electrons. The Morgan fingerprint density at radius 2 is 1.91 bits per heavy atom. The SMILES string of the molecule is CCOC[C@@H](Oc1ccc(OCC(=O)O)c(C)c1)c1cccc(-c2ccc(OC)c(F)c2)n1. The number of carbonyl (C=O) groups is 1. The van der Waals surface area contributed by atoms with Crippen molar-refractivity contribution in [2.24, 2.45) is 0 Å². The molecule has 0 amide bonds. The van der Waals surface area contributed by atoms with Crippen molar-refractivity contribution in [3.63, 3.8) is 0 Å². The zero-order valence-corrected chi connectivity index (χ0v) is 18.7.